The zero-order valence-electron chi connectivity index (χ0n) is 10.9. The molecule has 5 nitrogen and oxygen atoms in total. The van der Waals surface area contributed by atoms with Gasteiger partial charge in [0.25, 0.3) is 0 Å². The average Bonchev–Trinajstić information content (AvgIpc) is 3.17. The third-order valence-electron chi connectivity index (χ3n) is 3.07. The number of aromatic nitrogens is 2. The second-order valence-corrected chi connectivity index (χ2v) is 4.50. The molecule has 2 N–H and O–H groups in total. The van der Waals surface area contributed by atoms with Gasteiger partial charge in [0, 0.05) is 12.8 Å². The predicted octanol–water partition coefficient (Wildman–Crippen LogP) is 2.50. The van der Waals surface area contributed by atoms with E-state index < -0.39 is 0 Å². The molecular formula is C15H15N3O2. The van der Waals surface area contributed by atoms with Gasteiger partial charge in [-0.25, -0.2) is 0 Å². The van der Waals surface area contributed by atoms with E-state index in [0.717, 1.165) is 17.7 Å². The van der Waals surface area contributed by atoms with Gasteiger partial charge in [0.1, 0.15) is 11.8 Å². The van der Waals surface area contributed by atoms with Crippen LogP contribution in [0.2, 0.25) is 0 Å². The normalized spacial score (nSPS) is 12.4. The molecule has 2 heterocycles. The number of furan rings is 1. The highest BCUT2D eigenvalue weighted by atomic mass is 16.4. The molecule has 0 radical (unpaired) electrons. The van der Waals surface area contributed by atoms with Crippen molar-refractivity contribution < 1.29 is 8.83 Å². The van der Waals surface area contributed by atoms with Crippen molar-refractivity contribution in [3.63, 3.8) is 0 Å². The Morgan fingerprint density at radius 3 is 2.60 bits per heavy atom. The Morgan fingerprint density at radius 1 is 1.00 bits per heavy atom. The molecule has 0 saturated heterocycles. The predicted molar refractivity (Wildman–Crippen MR) is 72.9 cm³/mol. The van der Waals surface area contributed by atoms with Gasteiger partial charge in [0.15, 0.2) is 0 Å². The largest absolute Gasteiger partial charge is 0.469 e. The number of hydrogen-bond acceptors (Lipinski definition) is 5. The van der Waals surface area contributed by atoms with Crippen LogP contribution in [0.5, 0.6) is 0 Å². The SMILES string of the molecule is NC(c1ccccc1)c1nnc(CCc2ccco2)o1. The Bertz CT molecular complexity index is 647. The van der Waals surface area contributed by atoms with Crippen LogP contribution in [0.1, 0.15) is 29.1 Å². The minimum Gasteiger partial charge on any atom is -0.469 e. The van der Waals surface area contributed by atoms with Gasteiger partial charge in [-0.3, -0.25) is 0 Å². The lowest BCUT2D eigenvalue weighted by molar-refractivity contribution is 0.425. The molecular weight excluding hydrogens is 254 g/mol. The number of rotatable bonds is 5. The van der Waals surface area contributed by atoms with Crippen LogP contribution in [0.25, 0.3) is 0 Å². The van der Waals surface area contributed by atoms with Crippen molar-refractivity contribution in [2.45, 2.75) is 18.9 Å². The molecule has 0 saturated carbocycles. The number of aryl methyl sites for hydroxylation is 2. The molecule has 0 spiro atoms. The molecule has 0 aliphatic heterocycles. The quantitative estimate of drug-likeness (QED) is 0.770. The van der Waals surface area contributed by atoms with E-state index in [1.165, 1.54) is 0 Å². The van der Waals surface area contributed by atoms with E-state index in [1.54, 1.807) is 6.26 Å². The van der Waals surface area contributed by atoms with Crippen LogP contribution in [-0.2, 0) is 12.8 Å². The molecule has 2 aromatic heterocycles. The van der Waals surface area contributed by atoms with Crippen LogP contribution in [0.3, 0.4) is 0 Å². The minimum atomic E-state index is -0.388. The highest BCUT2D eigenvalue weighted by Gasteiger charge is 2.16. The maximum Gasteiger partial charge on any atom is 0.237 e. The van der Waals surface area contributed by atoms with E-state index in [-0.39, 0.29) is 6.04 Å². The highest BCUT2D eigenvalue weighted by Crippen LogP contribution is 2.18. The molecule has 1 atom stereocenters. The van der Waals surface area contributed by atoms with Crippen LogP contribution in [0.4, 0.5) is 0 Å². The van der Waals surface area contributed by atoms with Crippen LogP contribution in [0.15, 0.2) is 57.6 Å². The summed E-state index contributed by atoms with van der Waals surface area (Å²) in [5.41, 5.74) is 7.06. The molecule has 5 heteroatoms. The Labute approximate surface area is 116 Å². The molecule has 1 unspecified atom stereocenters. The monoisotopic (exact) mass is 269 g/mol. The van der Waals surface area contributed by atoms with Crippen LogP contribution in [-0.4, -0.2) is 10.2 Å². The van der Waals surface area contributed by atoms with Crippen molar-refractivity contribution in [2.75, 3.05) is 0 Å². The summed E-state index contributed by atoms with van der Waals surface area (Å²) in [6.45, 7) is 0. The Morgan fingerprint density at radius 2 is 1.85 bits per heavy atom. The standard InChI is InChI=1S/C15H15N3O2/c16-14(11-5-2-1-3-6-11)15-18-17-13(20-15)9-8-12-7-4-10-19-12/h1-7,10,14H,8-9,16H2. The summed E-state index contributed by atoms with van der Waals surface area (Å²) in [6.07, 6.45) is 3.02. The van der Waals surface area contributed by atoms with Crippen molar-refractivity contribution in [3.05, 3.63) is 71.8 Å². The molecule has 0 bridgehead atoms. The first-order chi connectivity index (χ1) is 9.83. The third-order valence-corrected chi connectivity index (χ3v) is 3.07. The van der Waals surface area contributed by atoms with Crippen molar-refractivity contribution in [1.29, 1.82) is 0 Å². The van der Waals surface area contributed by atoms with E-state index in [4.69, 9.17) is 14.6 Å². The number of nitrogens with zero attached hydrogens (tertiary/aromatic N) is 2. The van der Waals surface area contributed by atoms with Gasteiger partial charge in [-0.15, -0.1) is 10.2 Å². The number of benzene rings is 1. The van der Waals surface area contributed by atoms with Crippen molar-refractivity contribution in [3.8, 4) is 0 Å². The zero-order valence-corrected chi connectivity index (χ0v) is 10.9. The second kappa shape index (κ2) is 5.71. The lowest BCUT2D eigenvalue weighted by Gasteiger charge is -2.06. The van der Waals surface area contributed by atoms with Crippen molar-refractivity contribution in [1.82, 2.24) is 10.2 Å². The molecule has 0 amide bonds. The van der Waals surface area contributed by atoms with Gasteiger partial charge in [0.05, 0.1) is 6.26 Å². The molecule has 0 fully saturated rings. The van der Waals surface area contributed by atoms with E-state index >= 15 is 0 Å². The molecule has 0 aliphatic rings. The first kappa shape index (κ1) is 12.6. The lowest BCUT2D eigenvalue weighted by Crippen LogP contribution is -2.11. The topological polar surface area (TPSA) is 78.1 Å². The van der Waals surface area contributed by atoms with Gasteiger partial charge in [-0.2, -0.15) is 0 Å². The summed E-state index contributed by atoms with van der Waals surface area (Å²) < 4.78 is 10.9. The van der Waals surface area contributed by atoms with Gasteiger partial charge in [-0.05, 0) is 17.7 Å². The smallest absolute Gasteiger partial charge is 0.237 e. The van der Waals surface area contributed by atoms with Crippen molar-refractivity contribution in [2.24, 2.45) is 5.73 Å². The van der Waals surface area contributed by atoms with Gasteiger partial charge >= 0.3 is 0 Å². The van der Waals surface area contributed by atoms with Crippen LogP contribution in [0, 0.1) is 0 Å². The molecule has 3 aromatic rings. The number of hydrogen-bond donors (Lipinski definition) is 1. The third kappa shape index (κ3) is 2.78. The molecule has 102 valence electrons. The van der Waals surface area contributed by atoms with E-state index in [0.29, 0.717) is 18.2 Å². The molecule has 0 aliphatic carbocycles. The maximum atomic E-state index is 6.11. The highest BCUT2D eigenvalue weighted by molar-refractivity contribution is 5.22. The fourth-order valence-electron chi connectivity index (χ4n) is 1.98. The molecule has 3 rings (SSSR count). The summed E-state index contributed by atoms with van der Waals surface area (Å²) in [7, 11) is 0. The minimum absolute atomic E-state index is 0.388. The first-order valence-electron chi connectivity index (χ1n) is 6.48. The lowest BCUT2D eigenvalue weighted by atomic mass is 10.1. The molecule has 1 aromatic carbocycles. The van der Waals surface area contributed by atoms with Gasteiger partial charge < -0.3 is 14.6 Å². The summed E-state index contributed by atoms with van der Waals surface area (Å²) >= 11 is 0. The van der Waals surface area contributed by atoms with Crippen LogP contribution >= 0.6 is 0 Å². The van der Waals surface area contributed by atoms with Crippen LogP contribution < -0.4 is 5.73 Å². The fourth-order valence-corrected chi connectivity index (χ4v) is 1.98. The molecule has 20 heavy (non-hydrogen) atoms. The first-order valence-corrected chi connectivity index (χ1v) is 6.48. The fraction of sp³-hybridized carbons (Fsp3) is 0.200. The maximum absolute atomic E-state index is 6.11. The van der Waals surface area contributed by atoms with Gasteiger partial charge in [-0.1, -0.05) is 30.3 Å². The Kier molecular flexibility index (Phi) is 3.60. The summed E-state index contributed by atoms with van der Waals surface area (Å²) in [5.74, 6) is 1.91. The number of nitrogens with two attached hydrogens (primary N) is 1. The summed E-state index contributed by atoms with van der Waals surface area (Å²) in [5, 5.41) is 8.04. The van der Waals surface area contributed by atoms with E-state index in [2.05, 4.69) is 10.2 Å². The summed E-state index contributed by atoms with van der Waals surface area (Å²) in [4.78, 5) is 0. The average molecular weight is 269 g/mol. The van der Waals surface area contributed by atoms with E-state index in [1.807, 2.05) is 42.5 Å². The summed E-state index contributed by atoms with van der Waals surface area (Å²) in [6, 6.07) is 13.1. The van der Waals surface area contributed by atoms with Gasteiger partial charge in [0.2, 0.25) is 11.8 Å². The van der Waals surface area contributed by atoms with Crippen molar-refractivity contribution >= 4 is 0 Å². The Hall–Kier alpha value is -2.40. The van der Waals surface area contributed by atoms with E-state index in [9.17, 15) is 0 Å². The second-order valence-electron chi connectivity index (χ2n) is 4.50. The zero-order chi connectivity index (χ0) is 13.8. The Balaban J connectivity index is 1.67.